The minimum atomic E-state index is -0.811. The average molecular weight is 217 g/mol. The molecule has 0 aliphatic heterocycles. The molecule has 1 atom stereocenters. The highest BCUT2D eigenvalue weighted by molar-refractivity contribution is 6.33. The van der Waals surface area contributed by atoms with Crippen molar-refractivity contribution in [3.63, 3.8) is 0 Å². The third-order valence-electron chi connectivity index (χ3n) is 1.53. The normalized spacial score (nSPS) is 12.2. The van der Waals surface area contributed by atoms with E-state index in [1.54, 1.807) is 0 Å². The maximum Gasteiger partial charge on any atom is 0.271 e. The van der Waals surface area contributed by atoms with Crippen molar-refractivity contribution in [1.82, 2.24) is 0 Å². The SMILES string of the molecule is CC(O)Nc1cc([N+](=O)[O-])ccc1Cl. The van der Waals surface area contributed by atoms with Crippen molar-refractivity contribution < 1.29 is 10.0 Å². The number of nitrogens with zero attached hydrogens (tertiary/aromatic N) is 1. The Labute approximate surface area is 85.5 Å². The lowest BCUT2D eigenvalue weighted by atomic mass is 10.3. The van der Waals surface area contributed by atoms with E-state index in [0.29, 0.717) is 10.7 Å². The van der Waals surface area contributed by atoms with Gasteiger partial charge in [-0.1, -0.05) is 11.6 Å². The van der Waals surface area contributed by atoms with Crippen LogP contribution in [0, 0.1) is 10.1 Å². The number of nitrogens with one attached hydrogen (secondary N) is 1. The van der Waals surface area contributed by atoms with Gasteiger partial charge in [0.2, 0.25) is 0 Å². The molecule has 1 aromatic rings. The van der Waals surface area contributed by atoms with Gasteiger partial charge >= 0.3 is 0 Å². The van der Waals surface area contributed by atoms with Gasteiger partial charge in [-0.15, -0.1) is 0 Å². The Kier molecular flexibility index (Phi) is 3.27. The zero-order valence-corrected chi connectivity index (χ0v) is 8.15. The third-order valence-corrected chi connectivity index (χ3v) is 1.85. The third kappa shape index (κ3) is 2.58. The van der Waals surface area contributed by atoms with Crippen molar-refractivity contribution >= 4 is 23.0 Å². The van der Waals surface area contributed by atoms with Crippen molar-refractivity contribution in [2.24, 2.45) is 0 Å². The van der Waals surface area contributed by atoms with Crippen LogP contribution in [-0.4, -0.2) is 16.3 Å². The Balaban J connectivity index is 3.02. The first-order valence-electron chi connectivity index (χ1n) is 3.89. The van der Waals surface area contributed by atoms with Crippen molar-refractivity contribution in [2.75, 3.05) is 5.32 Å². The first-order chi connectivity index (χ1) is 6.50. The summed E-state index contributed by atoms with van der Waals surface area (Å²) < 4.78 is 0. The second-order valence-corrected chi connectivity index (χ2v) is 3.15. The van der Waals surface area contributed by atoms with E-state index in [1.165, 1.54) is 25.1 Å². The van der Waals surface area contributed by atoms with E-state index in [9.17, 15) is 10.1 Å². The van der Waals surface area contributed by atoms with Gasteiger partial charge in [-0.25, -0.2) is 0 Å². The van der Waals surface area contributed by atoms with Crippen molar-refractivity contribution in [1.29, 1.82) is 0 Å². The van der Waals surface area contributed by atoms with Gasteiger partial charge in [-0.3, -0.25) is 10.1 Å². The van der Waals surface area contributed by atoms with Crippen LogP contribution in [0.1, 0.15) is 6.92 Å². The van der Waals surface area contributed by atoms with Crippen molar-refractivity contribution in [3.05, 3.63) is 33.3 Å². The molecule has 0 bridgehead atoms. The summed E-state index contributed by atoms with van der Waals surface area (Å²) in [4.78, 5) is 9.90. The number of non-ortho nitro benzene ring substituents is 1. The topological polar surface area (TPSA) is 75.4 Å². The van der Waals surface area contributed by atoms with Gasteiger partial charge in [0, 0.05) is 12.1 Å². The van der Waals surface area contributed by atoms with Gasteiger partial charge in [-0.2, -0.15) is 0 Å². The van der Waals surface area contributed by atoms with Crippen LogP contribution in [-0.2, 0) is 0 Å². The Morgan fingerprint density at radius 2 is 2.29 bits per heavy atom. The van der Waals surface area contributed by atoms with Crippen molar-refractivity contribution in [2.45, 2.75) is 13.2 Å². The Morgan fingerprint density at radius 3 is 2.79 bits per heavy atom. The first kappa shape index (κ1) is 10.7. The molecule has 0 aromatic heterocycles. The van der Waals surface area contributed by atoms with E-state index in [4.69, 9.17) is 16.7 Å². The van der Waals surface area contributed by atoms with Crippen LogP contribution < -0.4 is 5.32 Å². The second-order valence-electron chi connectivity index (χ2n) is 2.74. The van der Waals surface area contributed by atoms with Crippen LogP contribution in [0.5, 0.6) is 0 Å². The number of aliphatic hydroxyl groups is 1. The molecule has 1 unspecified atom stereocenters. The number of nitro groups is 1. The molecule has 1 aromatic carbocycles. The first-order valence-corrected chi connectivity index (χ1v) is 4.27. The van der Waals surface area contributed by atoms with E-state index in [-0.39, 0.29) is 5.69 Å². The molecule has 0 saturated carbocycles. The lowest BCUT2D eigenvalue weighted by Gasteiger charge is -2.10. The smallest absolute Gasteiger partial charge is 0.271 e. The summed E-state index contributed by atoms with van der Waals surface area (Å²) in [7, 11) is 0. The highest BCUT2D eigenvalue weighted by atomic mass is 35.5. The molecule has 0 aliphatic carbocycles. The molecule has 76 valence electrons. The quantitative estimate of drug-likeness (QED) is 0.460. The van der Waals surface area contributed by atoms with Gasteiger partial charge in [0.05, 0.1) is 15.6 Å². The zero-order valence-electron chi connectivity index (χ0n) is 7.40. The van der Waals surface area contributed by atoms with E-state index >= 15 is 0 Å². The van der Waals surface area contributed by atoms with Crippen LogP contribution in [0.3, 0.4) is 0 Å². The fourth-order valence-electron chi connectivity index (χ4n) is 0.962. The zero-order chi connectivity index (χ0) is 10.7. The minimum Gasteiger partial charge on any atom is -0.374 e. The van der Waals surface area contributed by atoms with E-state index < -0.39 is 11.2 Å². The molecule has 6 heteroatoms. The Morgan fingerprint density at radius 1 is 1.64 bits per heavy atom. The lowest BCUT2D eigenvalue weighted by Crippen LogP contribution is -2.13. The molecule has 2 N–H and O–H groups in total. The molecular formula is C8H9ClN2O3. The summed E-state index contributed by atoms with van der Waals surface area (Å²) in [6.07, 6.45) is -0.811. The lowest BCUT2D eigenvalue weighted by molar-refractivity contribution is -0.384. The van der Waals surface area contributed by atoms with E-state index in [0.717, 1.165) is 0 Å². The standard InChI is InChI=1S/C8H9ClN2O3/c1-5(12)10-8-4-6(11(13)14)2-3-7(8)9/h2-5,10,12H,1H3. The van der Waals surface area contributed by atoms with Crippen LogP contribution in [0.2, 0.25) is 5.02 Å². The van der Waals surface area contributed by atoms with Gasteiger partial charge in [0.1, 0.15) is 6.23 Å². The fourth-order valence-corrected chi connectivity index (χ4v) is 1.13. The number of aliphatic hydroxyl groups excluding tert-OH is 1. The summed E-state index contributed by atoms with van der Waals surface area (Å²) >= 11 is 5.75. The van der Waals surface area contributed by atoms with Gasteiger partial charge in [0.25, 0.3) is 5.69 Å². The van der Waals surface area contributed by atoms with Crippen LogP contribution in [0.25, 0.3) is 0 Å². The van der Waals surface area contributed by atoms with Gasteiger partial charge < -0.3 is 10.4 Å². The Bertz CT molecular complexity index is 354. The maximum atomic E-state index is 10.4. The summed E-state index contributed by atoms with van der Waals surface area (Å²) in [6, 6.07) is 3.98. The van der Waals surface area contributed by atoms with Crippen LogP contribution >= 0.6 is 11.6 Å². The highest BCUT2D eigenvalue weighted by Gasteiger charge is 2.10. The number of rotatable bonds is 3. The van der Waals surface area contributed by atoms with Gasteiger partial charge in [0.15, 0.2) is 0 Å². The predicted octanol–water partition coefficient (Wildman–Crippen LogP) is 2.00. The highest BCUT2D eigenvalue weighted by Crippen LogP contribution is 2.26. The minimum absolute atomic E-state index is 0.0717. The predicted molar refractivity (Wildman–Crippen MR) is 53.4 cm³/mol. The molecule has 1 rings (SSSR count). The molecular weight excluding hydrogens is 208 g/mol. The van der Waals surface area contributed by atoms with Crippen molar-refractivity contribution in [3.8, 4) is 0 Å². The number of nitro benzene ring substituents is 1. The number of benzene rings is 1. The summed E-state index contributed by atoms with van der Waals surface area (Å²) in [5, 5.41) is 22.4. The molecule has 0 radical (unpaired) electrons. The van der Waals surface area contributed by atoms with E-state index in [1.807, 2.05) is 0 Å². The monoisotopic (exact) mass is 216 g/mol. The average Bonchev–Trinajstić information content (AvgIpc) is 2.07. The molecule has 0 spiro atoms. The number of hydrogen-bond donors (Lipinski definition) is 2. The van der Waals surface area contributed by atoms with Gasteiger partial charge in [-0.05, 0) is 13.0 Å². The summed E-state index contributed by atoms with van der Waals surface area (Å²) in [6.45, 7) is 1.50. The molecule has 0 saturated heterocycles. The van der Waals surface area contributed by atoms with Crippen LogP contribution in [0.15, 0.2) is 18.2 Å². The molecule has 0 heterocycles. The summed E-state index contributed by atoms with van der Waals surface area (Å²) in [5.41, 5.74) is 0.272. The molecule has 0 amide bonds. The molecule has 14 heavy (non-hydrogen) atoms. The maximum absolute atomic E-state index is 10.4. The second kappa shape index (κ2) is 4.26. The molecule has 0 fully saturated rings. The Hall–Kier alpha value is -1.33. The number of anilines is 1. The number of halogens is 1. The van der Waals surface area contributed by atoms with E-state index in [2.05, 4.69) is 5.32 Å². The largest absolute Gasteiger partial charge is 0.374 e. The molecule has 5 nitrogen and oxygen atoms in total. The molecule has 0 aliphatic rings. The van der Waals surface area contributed by atoms with Crippen LogP contribution in [0.4, 0.5) is 11.4 Å². The fraction of sp³-hybridized carbons (Fsp3) is 0.250. The number of hydrogen-bond acceptors (Lipinski definition) is 4. The summed E-state index contributed by atoms with van der Waals surface area (Å²) in [5.74, 6) is 0.